The van der Waals surface area contributed by atoms with Gasteiger partial charge in [-0.25, -0.2) is 0 Å². The molecule has 3 N–H and O–H groups in total. The number of hydrogen-bond donors (Lipinski definition) is 3. The number of pyridine rings is 1. The number of ether oxygens (including phenoxy) is 2. The number of carbonyl (C=O) groups excluding carboxylic acids is 1. The average Bonchev–Trinajstić information content (AvgIpc) is 3.22. The fourth-order valence-electron chi connectivity index (χ4n) is 3.34. The van der Waals surface area contributed by atoms with Gasteiger partial charge in [0.2, 0.25) is 11.8 Å². The Bertz CT molecular complexity index is 1270. The first-order valence-electron chi connectivity index (χ1n) is 9.57. The van der Waals surface area contributed by atoms with Gasteiger partial charge in [0.15, 0.2) is 0 Å². The summed E-state index contributed by atoms with van der Waals surface area (Å²) in [6, 6.07) is 9.00. The number of amides is 1. The van der Waals surface area contributed by atoms with Crippen LogP contribution < -0.4 is 20.1 Å². The van der Waals surface area contributed by atoms with E-state index in [2.05, 4.69) is 30.6 Å². The smallest absolute Gasteiger partial charge is 0.251 e. The topological polar surface area (TPSA) is 114 Å². The third kappa shape index (κ3) is 3.85. The number of fused-ring (bicyclic) bond motifs is 1. The van der Waals surface area contributed by atoms with Gasteiger partial charge in [-0.15, -0.1) is 0 Å². The van der Waals surface area contributed by atoms with Gasteiger partial charge in [-0.3, -0.25) is 9.78 Å². The molecule has 31 heavy (non-hydrogen) atoms. The van der Waals surface area contributed by atoms with E-state index in [9.17, 15) is 4.79 Å². The van der Waals surface area contributed by atoms with E-state index < -0.39 is 0 Å². The number of rotatable bonds is 6. The van der Waals surface area contributed by atoms with Crippen molar-refractivity contribution in [3.8, 4) is 22.8 Å². The highest BCUT2D eigenvalue weighted by molar-refractivity contribution is 5.98. The van der Waals surface area contributed by atoms with Gasteiger partial charge < -0.3 is 25.1 Å². The lowest BCUT2D eigenvalue weighted by molar-refractivity contribution is 0.0963. The largest absolute Gasteiger partial charge is 0.495 e. The van der Waals surface area contributed by atoms with Gasteiger partial charge in [-0.1, -0.05) is 0 Å². The number of aromatic nitrogens is 4. The molecular weight excluding hydrogens is 396 g/mol. The van der Waals surface area contributed by atoms with Gasteiger partial charge in [0.25, 0.3) is 5.91 Å². The van der Waals surface area contributed by atoms with Crippen LogP contribution in [0.3, 0.4) is 0 Å². The predicted molar refractivity (Wildman–Crippen MR) is 118 cm³/mol. The highest BCUT2D eigenvalue weighted by atomic mass is 16.5. The molecule has 0 saturated carbocycles. The minimum absolute atomic E-state index is 0.200. The Morgan fingerprint density at radius 1 is 1.10 bits per heavy atom. The zero-order chi connectivity index (χ0) is 22.0. The summed E-state index contributed by atoms with van der Waals surface area (Å²) in [6.45, 7) is 1.94. The lowest BCUT2D eigenvalue weighted by Gasteiger charge is -2.12. The second-order valence-corrected chi connectivity index (χ2v) is 6.79. The van der Waals surface area contributed by atoms with Crippen LogP contribution in [0.1, 0.15) is 16.1 Å². The molecule has 158 valence electrons. The number of anilines is 2. The SMILES string of the molecule is CNC(=O)c1ccc(Nc2nc(OC)c3c(-c4ccnc(C)c4)c[nH]c3n2)c(OC)c1. The molecule has 0 aliphatic heterocycles. The number of nitrogens with zero attached hydrogens (tertiary/aromatic N) is 3. The van der Waals surface area contributed by atoms with Gasteiger partial charge in [0, 0.05) is 36.3 Å². The highest BCUT2D eigenvalue weighted by Gasteiger charge is 2.17. The van der Waals surface area contributed by atoms with Crippen LogP contribution in [-0.2, 0) is 0 Å². The maximum absolute atomic E-state index is 11.9. The predicted octanol–water partition coefficient (Wildman–Crippen LogP) is 3.45. The number of nitrogens with one attached hydrogen (secondary N) is 3. The van der Waals surface area contributed by atoms with Crippen LogP contribution in [0.25, 0.3) is 22.2 Å². The second-order valence-electron chi connectivity index (χ2n) is 6.79. The van der Waals surface area contributed by atoms with Crippen LogP contribution in [0.2, 0.25) is 0 Å². The number of methoxy groups -OCH3 is 2. The van der Waals surface area contributed by atoms with Gasteiger partial charge in [0.1, 0.15) is 11.4 Å². The number of H-pyrrole nitrogens is 1. The van der Waals surface area contributed by atoms with E-state index in [1.807, 2.05) is 25.3 Å². The summed E-state index contributed by atoms with van der Waals surface area (Å²) < 4.78 is 11.0. The molecule has 3 heterocycles. The Kier molecular flexibility index (Phi) is 5.40. The molecule has 4 aromatic rings. The molecule has 0 fully saturated rings. The summed E-state index contributed by atoms with van der Waals surface area (Å²) in [4.78, 5) is 28.4. The molecule has 0 radical (unpaired) electrons. The molecule has 3 aromatic heterocycles. The summed E-state index contributed by atoms with van der Waals surface area (Å²) in [7, 11) is 4.68. The quantitative estimate of drug-likeness (QED) is 0.439. The van der Waals surface area contributed by atoms with Gasteiger partial charge >= 0.3 is 0 Å². The summed E-state index contributed by atoms with van der Waals surface area (Å²) in [6.07, 6.45) is 3.64. The number of aromatic amines is 1. The maximum atomic E-state index is 11.9. The minimum Gasteiger partial charge on any atom is -0.495 e. The Hall–Kier alpha value is -4.14. The van der Waals surface area contributed by atoms with Crippen molar-refractivity contribution >= 4 is 28.6 Å². The van der Waals surface area contributed by atoms with Gasteiger partial charge in [0.05, 0.1) is 25.3 Å². The fourth-order valence-corrected chi connectivity index (χ4v) is 3.34. The van der Waals surface area contributed by atoms with Crippen molar-refractivity contribution in [2.45, 2.75) is 6.92 Å². The van der Waals surface area contributed by atoms with Crippen molar-refractivity contribution in [3.63, 3.8) is 0 Å². The third-order valence-electron chi connectivity index (χ3n) is 4.84. The minimum atomic E-state index is -0.200. The van der Waals surface area contributed by atoms with Crippen molar-refractivity contribution in [1.82, 2.24) is 25.3 Å². The Labute approximate surface area is 178 Å². The standard InChI is InChI=1S/C22H22N6O3/c1-12-9-13(7-8-24-12)15-11-25-19-18(15)21(31-4)28-22(27-19)26-16-6-5-14(20(29)23-2)10-17(16)30-3/h5-11H,1-4H3,(H,23,29)(H2,25,26,27,28). The Balaban J connectivity index is 1.74. The zero-order valence-electron chi connectivity index (χ0n) is 17.6. The van der Waals surface area contributed by atoms with E-state index in [0.29, 0.717) is 34.5 Å². The average molecular weight is 418 g/mol. The van der Waals surface area contributed by atoms with Crippen molar-refractivity contribution in [3.05, 3.63) is 54.0 Å². The van der Waals surface area contributed by atoms with Crippen molar-refractivity contribution < 1.29 is 14.3 Å². The summed E-state index contributed by atoms with van der Waals surface area (Å²) >= 11 is 0. The molecule has 4 rings (SSSR count). The van der Waals surface area contributed by atoms with Crippen LogP contribution in [0.4, 0.5) is 11.6 Å². The molecule has 0 bridgehead atoms. The van der Waals surface area contributed by atoms with Crippen molar-refractivity contribution in [2.75, 3.05) is 26.6 Å². The van der Waals surface area contributed by atoms with Crippen LogP contribution in [-0.4, -0.2) is 47.1 Å². The van der Waals surface area contributed by atoms with Crippen LogP contribution in [0, 0.1) is 6.92 Å². The molecule has 9 heteroatoms. The number of aryl methyl sites for hydroxylation is 1. The summed E-state index contributed by atoms with van der Waals surface area (Å²) in [5, 5.41) is 6.51. The van der Waals surface area contributed by atoms with E-state index in [1.165, 1.54) is 7.11 Å². The Morgan fingerprint density at radius 2 is 1.94 bits per heavy atom. The first kappa shape index (κ1) is 20.1. The van der Waals surface area contributed by atoms with Crippen LogP contribution >= 0.6 is 0 Å². The normalized spacial score (nSPS) is 10.7. The fraction of sp³-hybridized carbons (Fsp3) is 0.182. The first-order chi connectivity index (χ1) is 15.0. The lowest BCUT2D eigenvalue weighted by atomic mass is 10.1. The molecular formula is C22H22N6O3. The molecule has 0 saturated heterocycles. The van der Waals surface area contributed by atoms with E-state index in [1.54, 1.807) is 38.6 Å². The molecule has 0 aliphatic rings. The number of carbonyl (C=O) groups is 1. The van der Waals surface area contributed by atoms with E-state index in [-0.39, 0.29) is 5.91 Å². The van der Waals surface area contributed by atoms with Gasteiger partial charge in [-0.05, 0) is 42.8 Å². The number of hydrogen-bond acceptors (Lipinski definition) is 7. The molecule has 9 nitrogen and oxygen atoms in total. The lowest BCUT2D eigenvalue weighted by Crippen LogP contribution is -2.17. The number of benzene rings is 1. The molecule has 1 aromatic carbocycles. The molecule has 0 unspecified atom stereocenters. The maximum Gasteiger partial charge on any atom is 0.251 e. The molecule has 0 aliphatic carbocycles. The monoisotopic (exact) mass is 418 g/mol. The first-order valence-corrected chi connectivity index (χ1v) is 9.57. The van der Waals surface area contributed by atoms with Gasteiger partial charge in [-0.2, -0.15) is 9.97 Å². The van der Waals surface area contributed by atoms with Crippen LogP contribution in [0.15, 0.2) is 42.7 Å². The van der Waals surface area contributed by atoms with E-state index >= 15 is 0 Å². The Morgan fingerprint density at radius 3 is 2.65 bits per heavy atom. The van der Waals surface area contributed by atoms with Crippen molar-refractivity contribution in [1.29, 1.82) is 0 Å². The second kappa shape index (κ2) is 8.31. The third-order valence-corrected chi connectivity index (χ3v) is 4.84. The highest BCUT2D eigenvalue weighted by Crippen LogP contribution is 2.35. The van der Waals surface area contributed by atoms with E-state index in [0.717, 1.165) is 22.2 Å². The molecule has 0 atom stereocenters. The zero-order valence-corrected chi connectivity index (χ0v) is 17.6. The van der Waals surface area contributed by atoms with Crippen LogP contribution in [0.5, 0.6) is 11.6 Å². The van der Waals surface area contributed by atoms with Crippen molar-refractivity contribution in [2.24, 2.45) is 0 Å². The van der Waals surface area contributed by atoms with E-state index in [4.69, 9.17) is 9.47 Å². The summed E-state index contributed by atoms with van der Waals surface area (Å²) in [5.74, 6) is 1.05. The summed E-state index contributed by atoms with van der Waals surface area (Å²) in [5.41, 5.74) is 4.56. The molecule has 0 spiro atoms. The molecule has 1 amide bonds.